The highest BCUT2D eigenvalue weighted by molar-refractivity contribution is 6.01. The normalized spacial score (nSPS) is 12.1. The van der Waals surface area contributed by atoms with Gasteiger partial charge in [0, 0.05) is 33.6 Å². The molecule has 0 aliphatic carbocycles. The molecule has 0 aliphatic rings. The Labute approximate surface area is 181 Å². The van der Waals surface area contributed by atoms with Crippen LogP contribution in [-0.2, 0) is 16.0 Å². The standard InChI is InChI=1S/C26H25NO4/c1-16-10-11-22-20(15-30-24(22)12-16)14-25(28)31-19(4)26(29)23-13-17(2)27(18(23)3)21-8-6-5-7-9-21/h5-13,15,19H,14H2,1-4H3/t19-/m1/s1. The number of fused-ring (bicyclic) bond motifs is 1. The van der Waals surface area contributed by atoms with Gasteiger partial charge in [0.15, 0.2) is 6.10 Å². The molecule has 0 N–H and O–H groups in total. The fourth-order valence-corrected chi connectivity index (χ4v) is 3.98. The third kappa shape index (κ3) is 4.04. The van der Waals surface area contributed by atoms with E-state index < -0.39 is 12.1 Å². The van der Waals surface area contributed by atoms with Crippen molar-refractivity contribution >= 4 is 22.7 Å². The van der Waals surface area contributed by atoms with Gasteiger partial charge in [0.2, 0.25) is 5.78 Å². The first-order chi connectivity index (χ1) is 14.8. The number of aromatic nitrogens is 1. The largest absolute Gasteiger partial charge is 0.464 e. The first-order valence-electron chi connectivity index (χ1n) is 10.3. The van der Waals surface area contributed by atoms with Crippen LogP contribution in [0.3, 0.4) is 0 Å². The molecule has 0 spiro atoms. The molecule has 2 aromatic carbocycles. The van der Waals surface area contributed by atoms with Crippen molar-refractivity contribution in [2.75, 3.05) is 0 Å². The molecule has 31 heavy (non-hydrogen) atoms. The summed E-state index contributed by atoms with van der Waals surface area (Å²) in [4.78, 5) is 25.6. The molecule has 0 fully saturated rings. The molecule has 0 bridgehead atoms. The number of ketones is 1. The molecule has 0 saturated carbocycles. The summed E-state index contributed by atoms with van der Waals surface area (Å²) >= 11 is 0. The quantitative estimate of drug-likeness (QED) is 0.308. The molecule has 0 unspecified atom stereocenters. The Morgan fingerprint density at radius 1 is 1.03 bits per heavy atom. The second-order valence-electron chi connectivity index (χ2n) is 7.89. The average molecular weight is 415 g/mol. The Hall–Kier alpha value is -3.60. The summed E-state index contributed by atoms with van der Waals surface area (Å²) in [5.41, 5.74) is 5.90. The second kappa shape index (κ2) is 8.26. The topological polar surface area (TPSA) is 61.4 Å². The Balaban J connectivity index is 1.49. The monoisotopic (exact) mass is 415 g/mol. The highest BCUT2D eigenvalue weighted by Gasteiger charge is 2.25. The number of hydrogen-bond donors (Lipinski definition) is 0. The molecule has 0 radical (unpaired) electrons. The summed E-state index contributed by atoms with van der Waals surface area (Å²) in [7, 11) is 0. The highest BCUT2D eigenvalue weighted by atomic mass is 16.5. The predicted octanol–water partition coefficient (Wildman–Crippen LogP) is 5.51. The SMILES string of the molecule is Cc1ccc2c(CC(=O)O[C@H](C)C(=O)c3cc(C)n(-c4ccccc4)c3C)coc2c1. The van der Waals surface area contributed by atoms with Gasteiger partial charge in [0.05, 0.1) is 12.7 Å². The lowest BCUT2D eigenvalue weighted by Gasteiger charge is -2.13. The number of rotatable bonds is 6. The molecule has 1 atom stereocenters. The van der Waals surface area contributed by atoms with E-state index in [2.05, 4.69) is 0 Å². The summed E-state index contributed by atoms with van der Waals surface area (Å²) in [5, 5.41) is 0.882. The number of ether oxygens (including phenoxy) is 1. The van der Waals surface area contributed by atoms with Crippen molar-refractivity contribution < 1.29 is 18.7 Å². The smallest absolute Gasteiger partial charge is 0.311 e. The minimum absolute atomic E-state index is 0.0523. The van der Waals surface area contributed by atoms with Crippen molar-refractivity contribution in [3.8, 4) is 5.69 Å². The third-order valence-corrected chi connectivity index (χ3v) is 5.53. The van der Waals surface area contributed by atoms with Crippen molar-refractivity contribution in [2.24, 2.45) is 0 Å². The molecule has 5 heteroatoms. The van der Waals surface area contributed by atoms with Gasteiger partial charge in [0.25, 0.3) is 0 Å². The number of carbonyl (C=O) groups is 2. The maximum Gasteiger partial charge on any atom is 0.311 e. The first-order valence-corrected chi connectivity index (χ1v) is 10.3. The van der Waals surface area contributed by atoms with Gasteiger partial charge in [-0.1, -0.05) is 30.3 Å². The Morgan fingerprint density at radius 2 is 1.77 bits per heavy atom. The van der Waals surface area contributed by atoms with Crippen molar-refractivity contribution in [1.29, 1.82) is 0 Å². The van der Waals surface area contributed by atoms with Crippen LogP contribution in [0.15, 0.2) is 65.3 Å². The van der Waals surface area contributed by atoms with Crippen molar-refractivity contribution in [1.82, 2.24) is 4.57 Å². The molecular formula is C26H25NO4. The van der Waals surface area contributed by atoms with Crippen LogP contribution in [0.4, 0.5) is 0 Å². The number of furan rings is 1. The first kappa shape index (κ1) is 20.7. The number of aryl methyl sites for hydroxylation is 2. The predicted molar refractivity (Wildman–Crippen MR) is 120 cm³/mol. The molecule has 0 amide bonds. The summed E-state index contributed by atoms with van der Waals surface area (Å²) in [5.74, 6) is -0.669. The molecule has 0 aliphatic heterocycles. The van der Waals surface area contributed by atoms with Gasteiger partial charge in [-0.2, -0.15) is 0 Å². The van der Waals surface area contributed by atoms with E-state index in [-0.39, 0.29) is 12.2 Å². The summed E-state index contributed by atoms with van der Waals surface area (Å²) in [6, 6.07) is 17.5. The zero-order chi connectivity index (χ0) is 22.1. The lowest BCUT2D eigenvalue weighted by Crippen LogP contribution is -2.25. The van der Waals surface area contributed by atoms with Crippen molar-refractivity contribution in [2.45, 2.75) is 40.2 Å². The molecular weight excluding hydrogens is 390 g/mol. The molecule has 0 saturated heterocycles. The fraction of sp³-hybridized carbons (Fsp3) is 0.231. The van der Waals surface area contributed by atoms with E-state index in [0.717, 1.165) is 39.2 Å². The minimum atomic E-state index is -0.877. The Kier molecular flexibility index (Phi) is 5.51. The molecule has 4 rings (SSSR count). The number of benzene rings is 2. The summed E-state index contributed by atoms with van der Waals surface area (Å²) < 4.78 is 13.1. The van der Waals surface area contributed by atoms with E-state index in [9.17, 15) is 9.59 Å². The molecule has 4 aromatic rings. The number of hydrogen-bond acceptors (Lipinski definition) is 4. The highest BCUT2D eigenvalue weighted by Crippen LogP contribution is 2.24. The van der Waals surface area contributed by atoms with Crippen LogP contribution in [0.5, 0.6) is 0 Å². The molecule has 158 valence electrons. The molecule has 2 heterocycles. The van der Waals surface area contributed by atoms with Gasteiger partial charge in [-0.3, -0.25) is 9.59 Å². The molecule has 2 aromatic heterocycles. The minimum Gasteiger partial charge on any atom is -0.464 e. The maximum atomic E-state index is 13.0. The van der Waals surface area contributed by atoms with E-state index in [0.29, 0.717) is 5.56 Å². The van der Waals surface area contributed by atoms with Gasteiger partial charge in [-0.25, -0.2) is 0 Å². The number of Topliss-reactive ketones (excluding diaryl/α,β-unsaturated/α-hetero) is 1. The van der Waals surface area contributed by atoms with E-state index in [1.54, 1.807) is 13.2 Å². The number of esters is 1. The van der Waals surface area contributed by atoms with Gasteiger partial charge in [-0.15, -0.1) is 0 Å². The Bertz CT molecular complexity index is 1260. The Morgan fingerprint density at radius 3 is 2.52 bits per heavy atom. The van der Waals surface area contributed by atoms with Gasteiger partial charge < -0.3 is 13.7 Å². The van der Waals surface area contributed by atoms with Gasteiger partial charge in [-0.05, 0) is 57.5 Å². The number of nitrogens with zero attached hydrogens (tertiary/aromatic N) is 1. The second-order valence-corrected chi connectivity index (χ2v) is 7.89. The van der Waals surface area contributed by atoms with Crippen LogP contribution >= 0.6 is 0 Å². The van der Waals surface area contributed by atoms with E-state index in [1.165, 1.54) is 0 Å². The van der Waals surface area contributed by atoms with E-state index in [1.807, 2.05) is 79.9 Å². The molecule has 5 nitrogen and oxygen atoms in total. The van der Waals surface area contributed by atoms with Crippen molar-refractivity contribution in [3.05, 3.63) is 88.9 Å². The summed E-state index contributed by atoms with van der Waals surface area (Å²) in [6.45, 7) is 7.46. The zero-order valence-corrected chi connectivity index (χ0v) is 18.1. The summed E-state index contributed by atoms with van der Waals surface area (Å²) in [6.07, 6.45) is 0.750. The maximum absolute atomic E-state index is 13.0. The van der Waals surface area contributed by atoms with Gasteiger partial charge >= 0.3 is 5.97 Å². The van der Waals surface area contributed by atoms with Crippen LogP contribution < -0.4 is 0 Å². The average Bonchev–Trinajstić information content (AvgIpc) is 3.27. The number of carbonyl (C=O) groups excluding carboxylic acids is 2. The van der Waals surface area contributed by atoms with Crippen LogP contribution in [0.2, 0.25) is 0 Å². The zero-order valence-electron chi connectivity index (χ0n) is 18.1. The van der Waals surface area contributed by atoms with E-state index >= 15 is 0 Å². The van der Waals surface area contributed by atoms with Crippen LogP contribution in [0.1, 0.15) is 39.8 Å². The van der Waals surface area contributed by atoms with E-state index in [4.69, 9.17) is 9.15 Å². The fourth-order valence-electron chi connectivity index (χ4n) is 3.98. The van der Waals surface area contributed by atoms with Crippen LogP contribution in [-0.4, -0.2) is 22.4 Å². The lowest BCUT2D eigenvalue weighted by molar-refractivity contribution is -0.145. The van der Waals surface area contributed by atoms with Crippen molar-refractivity contribution in [3.63, 3.8) is 0 Å². The van der Waals surface area contributed by atoms with Crippen LogP contribution in [0.25, 0.3) is 16.7 Å². The lowest BCUT2D eigenvalue weighted by atomic mass is 10.1. The van der Waals surface area contributed by atoms with Crippen LogP contribution in [0, 0.1) is 20.8 Å². The number of para-hydroxylation sites is 1. The third-order valence-electron chi connectivity index (χ3n) is 5.53. The van der Waals surface area contributed by atoms with Gasteiger partial charge in [0.1, 0.15) is 5.58 Å².